The minimum Gasteiger partial charge on any atom is -0.486 e. The highest BCUT2D eigenvalue weighted by molar-refractivity contribution is 5.94. The van der Waals surface area contributed by atoms with Crippen molar-refractivity contribution >= 4 is 11.6 Å². The molecular formula is C17H16N4O3. The Balaban J connectivity index is 1.46. The van der Waals surface area contributed by atoms with E-state index in [-0.39, 0.29) is 12.0 Å². The third-order valence-corrected chi connectivity index (χ3v) is 3.93. The molecule has 2 aromatic heterocycles. The number of ether oxygens (including phenoxy) is 2. The third kappa shape index (κ3) is 2.64. The van der Waals surface area contributed by atoms with Gasteiger partial charge in [0.15, 0.2) is 23.3 Å². The molecule has 1 aliphatic rings. The highest BCUT2D eigenvalue weighted by Crippen LogP contribution is 2.31. The number of nitrogens with zero attached hydrogens (tertiary/aromatic N) is 4. The molecule has 7 heteroatoms. The second kappa shape index (κ2) is 5.84. The summed E-state index contributed by atoms with van der Waals surface area (Å²) in [7, 11) is 1.75. The van der Waals surface area contributed by atoms with Gasteiger partial charge in [-0.05, 0) is 24.3 Å². The second-order valence-corrected chi connectivity index (χ2v) is 5.70. The lowest BCUT2D eigenvalue weighted by molar-refractivity contribution is 0.0520. The molecule has 0 N–H and O–H groups in total. The fourth-order valence-corrected chi connectivity index (χ4v) is 2.72. The van der Waals surface area contributed by atoms with Crippen LogP contribution in [0.4, 0.5) is 0 Å². The zero-order valence-electron chi connectivity index (χ0n) is 13.1. The molecule has 0 spiro atoms. The summed E-state index contributed by atoms with van der Waals surface area (Å²) in [5, 5.41) is 7.74. The number of amides is 1. The van der Waals surface area contributed by atoms with E-state index in [0.717, 1.165) is 5.75 Å². The van der Waals surface area contributed by atoms with Crippen molar-refractivity contribution in [3.8, 4) is 11.5 Å². The quantitative estimate of drug-likeness (QED) is 0.732. The van der Waals surface area contributed by atoms with Gasteiger partial charge in [-0.1, -0.05) is 12.1 Å². The van der Waals surface area contributed by atoms with E-state index in [1.165, 1.54) is 0 Å². The van der Waals surface area contributed by atoms with Crippen molar-refractivity contribution in [3.05, 3.63) is 54.5 Å². The molecule has 1 amide bonds. The Kier molecular flexibility index (Phi) is 3.53. The topological polar surface area (TPSA) is 69.0 Å². The van der Waals surface area contributed by atoms with Crippen LogP contribution in [-0.2, 0) is 0 Å². The summed E-state index contributed by atoms with van der Waals surface area (Å²) in [4.78, 5) is 14.2. The standard InChI is InChI=1S/C17H16N4O3/c1-20(9-13-10-23-14-4-2-3-5-15(14)24-13)17(22)12-6-7-16-19-18-11-21(16)8-12/h2-8,11,13H,9-10H2,1H3/t13-/m0/s1. The van der Waals surface area contributed by atoms with E-state index in [1.807, 2.05) is 24.3 Å². The van der Waals surface area contributed by atoms with Crippen molar-refractivity contribution in [2.45, 2.75) is 6.10 Å². The molecule has 4 rings (SSSR count). The van der Waals surface area contributed by atoms with Crippen LogP contribution >= 0.6 is 0 Å². The number of rotatable bonds is 3. The normalized spacial score (nSPS) is 16.1. The van der Waals surface area contributed by atoms with Crippen LogP contribution in [0.1, 0.15) is 10.4 Å². The number of fused-ring (bicyclic) bond motifs is 2. The van der Waals surface area contributed by atoms with Crippen molar-refractivity contribution in [2.24, 2.45) is 0 Å². The Morgan fingerprint density at radius 3 is 3.00 bits per heavy atom. The van der Waals surface area contributed by atoms with Gasteiger partial charge < -0.3 is 14.4 Å². The lowest BCUT2D eigenvalue weighted by atomic mass is 10.2. The van der Waals surface area contributed by atoms with E-state index < -0.39 is 0 Å². The van der Waals surface area contributed by atoms with Crippen LogP contribution in [0.25, 0.3) is 5.65 Å². The number of aromatic nitrogens is 3. The van der Waals surface area contributed by atoms with E-state index >= 15 is 0 Å². The molecule has 0 unspecified atom stereocenters. The first-order valence-electron chi connectivity index (χ1n) is 7.64. The Hall–Kier alpha value is -3.09. The van der Waals surface area contributed by atoms with Crippen molar-refractivity contribution < 1.29 is 14.3 Å². The predicted molar refractivity (Wildman–Crippen MR) is 86.3 cm³/mol. The predicted octanol–water partition coefficient (Wildman–Crippen LogP) is 1.64. The van der Waals surface area contributed by atoms with Gasteiger partial charge >= 0.3 is 0 Å². The monoisotopic (exact) mass is 324 g/mol. The fourth-order valence-electron chi connectivity index (χ4n) is 2.72. The zero-order chi connectivity index (χ0) is 16.5. The number of benzene rings is 1. The van der Waals surface area contributed by atoms with E-state index in [0.29, 0.717) is 30.1 Å². The molecule has 0 aliphatic carbocycles. The van der Waals surface area contributed by atoms with E-state index in [4.69, 9.17) is 9.47 Å². The average Bonchev–Trinajstić information content (AvgIpc) is 3.08. The molecule has 1 atom stereocenters. The number of hydrogen-bond acceptors (Lipinski definition) is 5. The molecule has 1 aromatic carbocycles. The van der Waals surface area contributed by atoms with Crippen LogP contribution < -0.4 is 9.47 Å². The molecule has 0 radical (unpaired) electrons. The third-order valence-electron chi connectivity index (χ3n) is 3.93. The summed E-state index contributed by atoms with van der Waals surface area (Å²) >= 11 is 0. The van der Waals surface area contributed by atoms with Gasteiger partial charge in [-0.25, -0.2) is 0 Å². The summed E-state index contributed by atoms with van der Waals surface area (Å²) < 4.78 is 13.3. The Labute approximate surface area is 138 Å². The first kappa shape index (κ1) is 14.5. The van der Waals surface area contributed by atoms with Crippen LogP contribution in [0.5, 0.6) is 11.5 Å². The van der Waals surface area contributed by atoms with Crippen molar-refractivity contribution in [3.63, 3.8) is 0 Å². The largest absolute Gasteiger partial charge is 0.486 e. The Morgan fingerprint density at radius 2 is 2.12 bits per heavy atom. The number of pyridine rings is 1. The van der Waals surface area contributed by atoms with Gasteiger partial charge in [0.25, 0.3) is 5.91 Å². The molecular weight excluding hydrogens is 308 g/mol. The van der Waals surface area contributed by atoms with Crippen LogP contribution in [0.3, 0.4) is 0 Å². The summed E-state index contributed by atoms with van der Waals surface area (Å²) in [5.41, 5.74) is 1.27. The molecule has 122 valence electrons. The van der Waals surface area contributed by atoms with Crippen LogP contribution in [0.15, 0.2) is 48.9 Å². The van der Waals surface area contributed by atoms with Gasteiger partial charge in [-0.3, -0.25) is 9.20 Å². The van der Waals surface area contributed by atoms with Gasteiger partial charge in [0.05, 0.1) is 12.1 Å². The number of carbonyl (C=O) groups is 1. The van der Waals surface area contributed by atoms with Gasteiger partial charge in [-0.2, -0.15) is 0 Å². The number of likely N-dealkylation sites (N-methyl/N-ethyl adjacent to an activating group) is 1. The molecule has 0 bridgehead atoms. The summed E-state index contributed by atoms with van der Waals surface area (Å²) in [6.07, 6.45) is 3.09. The van der Waals surface area contributed by atoms with Gasteiger partial charge in [-0.15, -0.1) is 10.2 Å². The molecule has 3 heterocycles. The summed E-state index contributed by atoms with van der Waals surface area (Å²) in [6.45, 7) is 0.854. The molecule has 7 nitrogen and oxygen atoms in total. The fraction of sp³-hybridized carbons (Fsp3) is 0.235. The van der Waals surface area contributed by atoms with Crippen LogP contribution in [0, 0.1) is 0 Å². The van der Waals surface area contributed by atoms with Crippen LogP contribution in [-0.4, -0.2) is 51.7 Å². The molecule has 0 fully saturated rings. The minimum absolute atomic E-state index is 0.0898. The van der Waals surface area contributed by atoms with Crippen LogP contribution in [0.2, 0.25) is 0 Å². The molecule has 0 saturated carbocycles. The molecule has 0 saturated heterocycles. The summed E-state index contributed by atoms with van der Waals surface area (Å²) in [6, 6.07) is 11.0. The second-order valence-electron chi connectivity index (χ2n) is 5.70. The van der Waals surface area contributed by atoms with Crippen molar-refractivity contribution in [2.75, 3.05) is 20.2 Å². The summed E-state index contributed by atoms with van der Waals surface area (Å²) in [5.74, 6) is 1.36. The molecule has 24 heavy (non-hydrogen) atoms. The SMILES string of the molecule is CN(C[C@H]1COc2ccccc2O1)C(=O)c1ccc2nncn2c1. The first-order chi connectivity index (χ1) is 11.7. The lowest BCUT2D eigenvalue weighted by Gasteiger charge is -2.29. The molecule has 1 aliphatic heterocycles. The molecule has 3 aromatic rings. The maximum atomic E-state index is 12.6. The number of carbonyl (C=O) groups excluding carboxylic acids is 1. The van der Waals surface area contributed by atoms with Gasteiger partial charge in [0.2, 0.25) is 0 Å². The maximum Gasteiger partial charge on any atom is 0.255 e. The highest BCUT2D eigenvalue weighted by Gasteiger charge is 2.24. The number of hydrogen-bond donors (Lipinski definition) is 0. The Bertz CT molecular complexity index is 892. The Morgan fingerprint density at radius 1 is 1.29 bits per heavy atom. The van der Waals surface area contributed by atoms with Gasteiger partial charge in [0, 0.05) is 13.2 Å². The van der Waals surface area contributed by atoms with E-state index in [1.54, 1.807) is 41.0 Å². The first-order valence-corrected chi connectivity index (χ1v) is 7.64. The number of para-hydroxylation sites is 2. The smallest absolute Gasteiger partial charge is 0.255 e. The van der Waals surface area contributed by atoms with Crippen molar-refractivity contribution in [1.82, 2.24) is 19.5 Å². The lowest BCUT2D eigenvalue weighted by Crippen LogP contribution is -2.41. The zero-order valence-corrected chi connectivity index (χ0v) is 13.1. The minimum atomic E-state index is -0.201. The highest BCUT2D eigenvalue weighted by atomic mass is 16.6. The van der Waals surface area contributed by atoms with E-state index in [2.05, 4.69) is 10.2 Å². The van der Waals surface area contributed by atoms with Gasteiger partial charge in [0.1, 0.15) is 12.9 Å². The van der Waals surface area contributed by atoms with E-state index in [9.17, 15) is 4.79 Å². The average molecular weight is 324 g/mol. The maximum absolute atomic E-state index is 12.6. The van der Waals surface area contributed by atoms with Crippen molar-refractivity contribution in [1.29, 1.82) is 0 Å².